The van der Waals surface area contributed by atoms with Gasteiger partial charge in [0.1, 0.15) is 5.75 Å². The Hall–Kier alpha value is -1.45. The Morgan fingerprint density at radius 2 is 1.41 bits per heavy atom. The molecule has 8 heteroatoms. The molecule has 0 saturated carbocycles. The summed E-state index contributed by atoms with van der Waals surface area (Å²) in [5.41, 5.74) is -0.798. The van der Waals surface area contributed by atoms with Crippen LogP contribution in [0.5, 0.6) is 5.75 Å². The second-order valence-corrected chi connectivity index (χ2v) is 5.51. The molecule has 2 rings (SSSR count). The normalized spacial score (nSPS) is 12.3. The fourth-order valence-electron chi connectivity index (χ4n) is 1.84. The second-order valence-electron chi connectivity index (χ2n) is 4.26. The highest BCUT2D eigenvalue weighted by Gasteiger charge is 2.34. The Morgan fingerprint density at radius 3 is 1.91 bits per heavy atom. The summed E-state index contributed by atoms with van der Waals surface area (Å²) in [6, 6.07) is 8.00. The van der Waals surface area contributed by atoms with Gasteiger partial charge in [0.2, 0.25) is 0 Å². The van der Waals surface area contributed by atoms with Crippen molar-refractivity contribution in [2.45, 2.75) is 12.5 Å². The molecule has 0 spiro atoms. The fourth-order valence-corrected chi connectivity index (χ4v) is 2.33. The monoisotopic (exact) mass is 432 g/mol. The molecule has 0 aromatic heterocycles. The number of hydrogen-bond acceptors (Lipinski definition) is 1. The summed E-state index contributed by atoms with van der Waals surface area (Å²) >= 11 is 1.76. The zero-order chi connectivity index (χ0) is 16.5. The van der Waals surface area contributed by atoms with Crippen LogP contribution in [0.4, 0.5) is 26.3 Å². The van der Waals surface area contributed by atoms with Crippen LogP contribution in [0, 0.1) is 3.57 Å². The van der Waals surface area contributed by atoms with E-state index in [-0.39, 0.29) is 11.1 Å². The minimum atomic E-state index is -4.85. The van der Waals surface area contributed by atoms with Gasteiger partial charge >= 0.3 is 12.5 Å². The zero-order valence-electron chi connectivity index (χ0n) is 10.6. The largest absolute Gasteiger partial charge is 0.573 e. The molecule has 0 saturated heterocycles. The van der Waals surface area contributed by atoms with Crippen LogP contribution in [0.2, 0.25) is 0 Å². The molecule has 0 aliphatic carbocycles. The Bertz CT molecular complexity index is 661. The molecule has 0 aliphatic heterocycles. The van der Waals surface area contributed by atoms with Crippen molar-refractivity contribution in [1.82, 2.24) is 0 Å². The summed E-state index contributed by atoms with van der Waals surface area (Å²) < 4.78 is 79.4. The lowest BCUT2D eigenvalue weighted by Crippen LogP contribution is -2.17. The predicted octanol–water partition coefficient (Wildman–Crippen LogP) is 5.88. The lowest BCUT2D eigenvalue weighted by molar-refractivity contribution is -0.274. The first-order valence-electron chi connectivity index (χ1n) is 5.79. The van der Waals surface area contributed by atoms with Crippen LogP contribution in [0.15, 0.2) is 42.5 Å². The van der Waals surface area contributed by atoms with E-state index >= 15 is 0 Å². The molecular weight excluding hydrogens is 425 g/mol. The van der Waals surface area contributed by atoms with Gasteiger partial charge in [0.05, 0.1) is 5.56 Å². The molecular formula is C14H7F6IO. The predicted molar refractivity (Wildman–Crippen MR) is 76.3 cm³/mol. The third-order valence-corrected chi connectivity index (χ3v) is 3.36. The van der Waals surface area contributed by atoms with Crippen LogP contribution in [0.25, 0.3) is 11.1 Å². The summed E-state index contributed by atoms with van der Waals surface area (Å²) in [5.74, 6) is -0.490. The number of alkyl halides is 6. The highest BCUT2D eigenvalue weighted by atomic mass is 127. The van der Waals surface area contributed by atoms with Crippen molar-refractivity contribution in [2.24, 2.45) is 0 Å². The van der Waals surface area contributed by atoms with E-state index in [0.29, 0.717) is 3.57 Å². The molecule has 0 radical (unpaired) electrons. The molecule has 0 N–H and O–H groups in total. The van der Waals surface area contributed by atoms with E-state index in [2.05, 4.69) is 4.74 Å². The average molecular weight is 432 g/mol. The molecule has 2 aromatic rings. The van der Waals surface area contributed by atoms with Crippen LogP contribution in [-0.4, -0.2) is 6.36 Å². The van der Waals surface area contributed by atoms with Gasteiger partial charge < -0.3 is 4.74 Å². The van der Waals surface area contributed by atoms with Gasteiger partial charge in [-0.15, -0.1) is 13.2 Å². The number of halogens is 7. The Labute approximate surface area is 135 Å². The maximum Gasteiger partial charge on any atom is 0.573 e. The van der Waals surface area contributed by atoms with E-state index in [1.165, 1.54) is 12.1 Å². The SMILES string of the molecule is FC(F)(F)Oc1ccc(-c2ccc(I)cc2C(F)(F)F)cc1. The third kappa shape index (κ3) is 4.28. The average Bonchev–Trinajstić information content (AvgIpc) is 2.37. The molecule has 0 unspecified atom stereocenters. The van der Waals surface area contributed by atoms with E-state index in [4.69, 9.17) is 0 Å². The van der Waals surface area contributed by atoms with E-state index < -0.39 is 23.9 Å². The first-order chi connectivity index (χ1) is 10.1. The molecule has 0 atom stereocenters. The van der Waals surface area contributed by atoms with Crippen molar-refractivity contribution in [3.05, 3.63) is 51.6 Å². The van der Waals surface area contributed by atoms with Crippen LogP contribution >= 0.6 is 22.6 Å². The Balaban J connectivity index is 2.41. The molecule has 0 bridgehead atoms. The lowest BCUT2D eigenvalue weighted by Gasteiger charge is -2.14. The molecule has 22 heavy (non-hydrogen) atoms. The van der Waals surface area contributed by atoms with Gasteiger partial charge in [-0.2, -0.15) is 13.2 Å². The zero-order valence-corrected chi connectivity index (χ0v) is 12.8. The van der Waals surface area contributed by atoms with Gasteiger partial charge in [0.15, 0.2) is 0 Å². The van der Waals surface area contributed by atoms with E-state index in [9.17, 15) is 26.3 Å². The van der Waals surface area contributed by atoms with Crippen LogP contribution < -0.4 is 4.74 Å². The third-order valence-electron chi connectivity index (χ3n) is 2.69. The van der Waals surface area contributed by atoms with Crippen molar-refractivity contribution in [1.29, 1.82) is 0 Å². The molecule has 0 amide bonds. The minimum Gasteiger partial charge on any atom is -0.406 e. The minimum absolute atomic E-state index is 0.105. The van der Waals surface area contributed by atoms with Gasteiger partial charge in [-0.25, -0.2) is 0 Å². The summed E-state index contributed by atoms with van der Waals surface area (Å²) in [6.45, 7) is 0. The molecule has 1 nitrogen and oxygen atoms in total. The quantitative estimate of drug-likeness (QED) is 0.426. The van der Waals surface area contributed by atoms with Crippen molar-refractivity contribution in [3.8, 4) is 16.9 Å². The first-order valence-corrected chi connectivity index (χ1v) is 6.87. The van der Waals surface area contributed by atoms with Crippen molar-refractivity contribution >= 4 is 22.6 Å². The van der Waals surface area contributed by atoms with Crippen LogP contribution in [0.3, 0.4) is 0 Å². The molecule has 0 aliphatic rings. The van der Waals surface area contributed by atoms with Crippen LogP contribution in [-0.2, 0) is 6.18 Å². The highest BCUT2D eigenvalue weighted by Crippen LogP contribution is 2.38. The summed E-state index contributed by atoms with van der Waals surface area (Å²) in [7, 11) is 0. The molecule has 0 heterocycles. The molecule has 0 fully saturated rings. The van der Waals surface area contributed by atoms with Crippen molar-refractivity contribution in [3.63, 3.8) is 0 Å². The highest BCUT2D eigenvalue weighted by molar-refractivity contribution is 14.1. The topological polar surface area (TPSA) is 9.23 Å². The van der Waals surface area contributed by atoms with Crippen molar-refractivity contribution < 1.29 is 31.1 Å². The second kappa shape index (κ2) is 5.98. The van der Waals surface area contributed by atoms with Gasteiger partial charge in [-0.1, -0.05) is 18.2 Å². The standard InChI is InChI=1S/C14H7F6IO/c15-13(16,17)12-7-9(21)3-6-11(12)8-1-4-10(5-2-8)22-14(18,19)20/h1-7H. The number of hydrogen-bond donors (Lipinski definition) is 0. The lowest BCUT2D eigenvalue weighted by atomic mass is 9.99. The molecule has 118 valence electrons. The summed E-state index contributed by atoms with van der Waals surface area (Å²) in [6.07, 6.45) is -9.40. The number of rotatable bonds is 2. The Morgan fingerprint density at radius 1 is 0.818 bits per heavy atom. The van der Waals surface area contributed by atoms with Gasteiger partial charge in [-0.05, 0) is 58.0 Å². The van der Waals surface area contributed by atoms with E-state index in [0.717, 1.165) is 30.3 Å². The smallest absolute Gasteiger partial charge is 0.406 e. The van der Waals surface area contributed by atoms with E-state index in [1.54, 1.807) is 22.6 Å². The number of ether oxygens (including phenoxy) is 1. The van der Waals surface area contributed by atoms with Gasteiger partial charge in [0.25, 0.3) is 0 Å². The summed E-state index contributed by atoms with van der Waals surface area (Å²) in [5, 5.41) is 0. The van der Waals surface area contributed by atoms with Gasteiger partial charge in [-0.3, -0.25) is 0 Å². The number of benzene rings is 2. The van der Waals surface area contributed by atoms with Gasteiger partial charge in [0, 0.05) is 3.57 Å². The van der Waals surface area contributed by atoms with E-state index in [1.807, 2.05) is 0 Å². The first kappa shape index (κ1) is 16.9. The van der Waals surface area contributed by atoms with Crippen LogP contribution in [0.1, 0.15) is 5.56 Å². The molecule has 2 aromatic carbocycles. The fraction of sp³-hybridized carbons (Fsp3) is 0.143. The van der Waals surface area contributed by atoms with Crippen molar-refractivity contribution in [2.75, 3.05) is 0 Å². The summed E-state index contributed by atoms with van der Waals surface area (Å²) in [4.78, 5) is 0. The maximum atomic E-state index is 13.0. The Kier molecular flexibility index (Phi) is 4.59. The maximum absolute atomic E-state index is 13.0.